The molecule has 0 atom stereocenters. The Morgan fingerprint density at radius 3 is 2.69 bits per heavy atom. The number of benzene rings is 2. The quantitative estimate of drug-likeness (QED) is 0.438. The SMILES string of the molecule is c1ccc(CNc2nc(-[n+]3c[nH]c4ccccc43)c3[nH]cnc3n2)cc1. The minimum absolute atomic E-state index is 0.543. The highest BCUT2D eigenvalue weighted by atomic mass is 15.2. The van der Waals surface area contributed by atoms with E-state index >= 15 is 0 Å². The maximum atomic E-state index is 4.73. The van der Waals surface area contributed by atoms with Crippen molar-refractivity contribution in [1.82, 2.24) is 24.9 Å². The fourth-order valence-corrected chi connectivity index (χ4v) is 3.03. The van der Waals surface area contributed by atoms with E-state index in [0.29, 0.717) is 18.1 Å². The standard InChI is InChI=1S/C19H15N7/c1-2-6-13(7-3-1)10-20-19-24-17-16(21-11-22-17)18(25-19)26-12-23-14-8-4-5-9-15(14)26/h1-9,11-12H,10H2,(H2,20,21,22,24,25)/p+1. The second kappa shape index (κ2) is 5.96. The lowest BCUT2D eigenvalue weighted by Gasteiger charge is -2.04. The normalized spacial score (nSPS) is 11.2. The van der Waals surface area contributed by atoms with Crippen LogP contribution in [-0.4, -0.2) is 24.9 Å². The van der Waals surface area contributed by atoms with Crippen LogP contribution < -0.4 is 9.88 Å². The molecule has 3 heterocycles. The molecule has 0 saturated carbocycles. The van der Waals surface area contributed by atoms with Gasteiger partial charge in [-0.15, -0.1) is 0 Å². The zero-order valence-corrected chi connectivity index (χ0v) is 13.8. The van der Waals surface area contributed by atoms with Crippen LogP contribution in [0.1, 0.15) is 5.56 Å². The lowest BCUT2D eigenvalue weighted by molar-refractivity contribution is -0.569. The number of nitrogens with one attached hydrogen (secondary N) is 3. The topological polar surface area (TPSA) is 86.2 Å². The van der Waals surface area contributed by atoms with Crippen molar-refractivity contribution in [3.63, 3.8) is 0 Å². The fourth-order valence-electron chi connectivity index (χ4n) is 3.03. The van der Waals surface area contributed by atoms with Crippen LogP contribution >= 0.6 is 0 Å². The van der Waals surface area contributed by atoms with Gasteiger partial charge in [0.15, 0.2) is 17.5 Å². The molecule has 7 nitrogen and oxygen atoms in total. The summed E-state index contributed by atoms with van der Waals surface area (Å²) in [6, 6.07) is 18.3. The summed E-state index contributed by atoms with van der Waals surface area (Å²) in [6.07, 6.45) is 3.54. The molecule has 0 aliphatic carbocycles. The summed E-state index contributed by atoms with van der Waals surface area (Å²) < 4.78 is 2.01. The van der Waals surface area contributed by atoms with Crippen molar-refractivity contribution < 1.29 is 4.57 Å². The summed E-state index contributed by atoms with van der Waals surface area (Å²) in [5, 5.41) is 3.29. The summed E-state index contributed by atoms with van der Waals surface area (Å²) in [5.74, 6) is 1.29. The van der Waals surface area contributed by atoms with Crippen LogP contribution in [0, 0.1) is 0 Å². The van der Waals surface area contributed by atoms with Crippen molar-refractivity contribution in [2.24, 2.45) is 0 Å². The minimum atomic E-state index is 0.543. The smallest absolute Gasteiger partial charge is 0.302 e. The number of aromatic nitrogens is 6. The number of H-pyrrole nitrogens is 2. The fraction of sp³-hybridized carbons (Fsp3) is 0.0526. The minimum Gasteiger partial charge on any atom is -0.338 e. The number of anilines is 1. The molecule has 0 aliphatic heterocycles. The van der Waals surface area contributed by atoms with Crippen molar-refractivity contribution in [2.45, 2.75) is 6.54 Å². The van der Waals surface area contributed by atoms with E-state index in [4.69, 9.17) is 4.98 Å². The van der Waals surface area contributed by atoms with Gasteiger partial charge in [0, 0.05) is 6.54 Å². The molecule has 3 N–H and O–H groups in total. The molecule has 5 aromatic rings. The first kappa shape index (κ1) is 14.6. The molecule has 0 fully saturated rings. The van der Waals surface area contributed by atoms with E-state index < -0.39 is 0 Å². The molecule has 0 unspecified atom stereocenters. The van der Waals surface area contributed by atoms with Gasteiger partial charge in [0.2, 0.25) is 0 Å². The second-order valence-electron chi connectivity index (χ2n) is 5.97. The third-order valence-electron chi connectivity index (χ3n) is 4.30. The third-order valence-corrected chi connectivity index (χ3v) is 4.30. The van der Waals surface area contributed by atoms with E-state index in [-0.39, 0.29) is 0 Å². The monoisotopic (exact) mass is 342 g/mol. The molecule has 0 aliphatic rings. The highest BCUT2D eigenvalue weighted by Crippen LogP contribution is 2.17. The first-order chi connectivity index (χ1) is 12.9. The molecule has 0 radical (unpaired) electrons. The Morgan fingerprint density at radius 1 is 0.923 bits per heavy atom. The molecule has 26 heavy (non-hydrogen) atoms. The Morgan fingerprint density at radius 2 is 1.77 bits per heavy atom. The van der Waals surface area contributed by atoms with E-state index in [1.165, 1.54) is 5.56 Å². The molecule has 5 rings (SSSR count). The zero-order chi connectivity index (χ0) is 17.3. The van der Waals surface area contributed by atoms with Crippen molar-refractivity contribution in [3.05, 3.63) is 72.8 Å². The summed E-state index contributed by atoms with van der Waals surface area (Å²) in [4.78, 5) is 20.0. The average Bonchev–Trinajstić information content (AvgIpc) is 3.33. The van der Waals surface area contributed by atoms with Crippen LogP contribution in [0.15, 0.2) is 67.3 Å². The number of imidazole rings is 2. The molecular formula is C19H16N7+. The van der Waals surface area contributed by atoms with Crippen molar-refractivity contribution >= 4 is 28.1 Å². The van der Waals surface area contributed by atoms with Crippen LogP contribution in [0.3, 0.4) is 0 Å². The molecule has 2 aromatic carbocycles. The lowest BCUT2D eigenvalue weighted by Crippen LogP contribution is -2.31. The summed E-state index contributed by atoms with van der Waals surface area (Å²) in [5.41, 5.74) is 4.67. The van der Waals surface area contributed by atoms with Gasteiger partial charge in [-0.3, -0.25) is 4.98 Å². The largest absolute Gasteiger partial charge is 0.338 e. The van der Waals surface area contributed by atoms with E-state index in [9.17, 15) is 0 Å². The molecular weight excluding hydrogens is 326 g/mol. The highest BCUT2D eigenvalue weighted by Gasteiger charge is 2.20. The predicted molar refractivity (Wildman–Crippen MR) is 98.8 cm³/mol. The number of nitrogens with zero attached hydrogens (tertiary/aromatic N) is 4. The van der Waals surface area contributed by atoms with Gasteiger partial charge >= 0.3 is 5.95 Å². The van der Waals surface area contributed by atoms with E-state index in [1.807, 2.05) is 53.4 Å². The van der Waals surface area contributed by atoms with Crippen LogP contribution in [0.2, 0.25) is 0 Å². The third kappa shape index (κ3) is 2.46. The van der Waals surface area contributed by atoms with E-state index in [0.717, 1.165) is 22.4 Å². The highest BCUT2D eigenvalue weighted by molar-refractivity contribution is 5.79. The molecule has 3 aromatic heterocycles. The first-order valence-electron chi connectivity index (χ1n) is 8.35. The molecule has 0 bridgehead atoms. The number of aromatic amines is 2. The van der Waals surface area contributed by atoms with Gasteiger partial charge < -0.3 is 10.3 Å². The van der Waals surface area contributed by atoms with E-state index in [1.54, 1.807) is 6.33 Å². The Labute approximate surface area is 148 Å². The number of hydrogen-bond acceptors (Lipinski definition) is 4. The van der Waals surface area contributed by atoms with Crippen LogP contribution in [-0.2, 0) is 6.54 Å². The summed E-state index contributed by atoms with van der Waals surface area (Å²) in [6.45, 7) is 0.648. The molecule has 0 amide bonds. The number of fused-ring (bicyclic) bond motifs is 2. The van der Waals surface area contributed by atoms with Crippen molar-refractivity contribution in [2.75, 3.05) is 5.32 Å². The van der Waals surface area contributed by atoms with Crippen molar-refractivity contribution in [3.8, 4) is 5.82 Å². The van der Waals surface area contributed by atoms with Crippen molar-refractivity contribution in [1.29, 1.82) is 0 Å². The summed E-state index contributed by atoms with van der Waals surface area (Å²) in [7, 11) is 0. The lowest BCUT2D eigenvalue weighted by atomic mass is 10.2. The Balaban J connectivity index is 1.59. The Hall–Kier alpha value is -3.74. The molecule has 126 valence electrons. The Kier molecular flexibility index (Phi) is 3.35. The van der Waals surface area contributed by atoms with Gasteiger partial charge in [-0.05, 0) is 17.7 Å². The number of rotatable bonds is 4. The Bertz CT molecular complexity index is 1190. The number of hydrogen-bond donors (Lipinski definition) is 3. The van der Waals surface area contributed by atoms with Gasteiger partial charge in [-0.2, -0.15) is 9.55 Å². The first-order valence-corrected chi connectivity index (χ1v) is 8.35. The molecule has 0 spiro atoms. The van der Waals surface area contributed by atoms with Gasteiger partial charge in [0.25, 0.3) is 5.82 Å². The number of para-hydroxylation sites is 2. The van der Waals surface area contributed by atoms with Gasteiger partial charge in [-0.1, -0.05) is 47.4 Å². The van der Waals surface area contributed by atoms with Gasteiger partial charge in [-0.25, -0.2) is 4.98 Å². The molecule has 7 heteroatoms. The molecule has 0 saturated heterocycles. The van der Waals surface area contributed by atoms with Crippen LogP contribution in [0.4, 0.5) is 5.95 Å². The maximum absolute atomic E-state index is 4.73. The van der Waals surface area contributed by atoms with Gasteiger partial charge in [0.1, 0.15) is 11.0 Å². The maximum Gasteiger partial charge on any atom is 0.302 e. The van der Waals surface area contributed by atoms with E-state index in [2.05, 4.69) is 37.4 Å². The second-order valence-corrected chi connectivity index (χ2v) is 5.97. The van der Waals surface area contributed by atoms with Gasteiger partial charge in [0.05, 0.1) is 6.33 Å². The predicted octanol–water partition coefficient (Wildman–Crippen LogP) is 2.72. The average molecular weight is 342 g/mol. The zero-order valence-electron chi connectivity index (χ0n) is 13.8. The summed E-state index contributed by atoms with van der Waals surface area (Å²) >= 11 is 0. The van der Waals surface area contributed by atoms with Crippen LogP contribution in [0.5, 0.6) is 0 Å². The van der Waals surface area contributed by atoms with Crippen LogP contribution in [0.25, 0.3) is 28.0 Å².